The molecular weight excluding hydrogens is 282 g/mol. The summed E-state index contributed by atoms with van der Waals surface area (Å²) in [7, 11) is 1.35. The van der Waals surface area contributed by atoms with Gasteiger partial charge in [0, 0.05) is 6.54 Å². The van der Waals surface area contributed by atoms with Gasteiger partial charge in [0.05, 0.1) is 13.0 Å². The molecule has 122 valence electrons. The zero-order valence-corrected chi connectivity index (χ0v) is 13.9. The van der Waals surface area contributed by atoms with Crippen molar-refractivity contribution in [1.29, 1.82) is 0 Å². The largest absolute Gasteiger partial charge is 0.469 e. The average molecular weight is 307 g/mol. The fourth-order valence-electron chi connectivity index (χ4n) is 1.93. The van der Waals surface area contributed by atoms with Crippen LogP contribution in [0.1, 0.15) is 31.9 Å². The summed E-state index contributed by atoms with van der Waals surface area (Å²) in [5, 5.41) is 2.62. The van der Waals surface area contributed by atoms with Crippen LogP contribution in [0.2, 0.25) is 0 Å². The van der Waals surface area contributed by atoms with E-state index in [1.165, 1.54) is 7.11 Å². The molecule has 0 saturated heterocycles. The third-order valence-electron chi connectivity index (χ3n) is 3.03. The van der Waals surface area contributed by atoms with Gasteiger partial charge in [0.25, 0.3) is 0 Å². The number of carbonyl (C=O) groups is 2. The molecule has 0 saturated carbocycles. The van der Waals surface area contributed by atoms with E-state index >= 15 is 0 Å². The SMILES string of the molecule is COC(=O)C(CNC(=O)OC(C)(C)C)Cc1ccc(C)cc1. The number of ether oxygens (including phenoxy) is 2. The summed E-state index contributed by atoms with van der Waals surface area (Å²) in [5.41, 5.74) is 1.61. The third kappa shape index (κ3) is 6.61. The highest BCUT2D eigenvalue weighted by Crippen LogP contribution is 2.12. The lowest BCUT2D eigenvalue weighted by Crippen LogP contribution is -2.38. The van der Waals surface area contributed by atoms with Gasteiger partial charge in [-0.25, -0.2) is 4.79 Å². The normalized spacial score (nSPS) is 12.4. The van der Waals surface area contributed by atoms with Gasteiger partial charge in [-0.1, -0.05) is 29.8 Å². The standard InChI is InChI=1S/C17H25NO4/c1-12-6-8-13(9-7-12)10-14(15(19)21-5)11-18-16(20)22-17(2,3)4/h6-9,14H,10-11H2,1-5H3,(H,18,20). The highest BCUT2D eigenvalue weighted by molar-refractivity contribution is 5.74. The number of rotatable bonds is 5. The summed E-state index contributed by atoms with van der Waals surface area (Å²) >= 11 is 0. The molecule has 1 rings (SSSR count). The number of carbonyl (C=O) groups excluding carboxylic acids is 2. The number of methoxy groups -OCH3 is 1. The molecule has 1 atom stereocenters. The Morgan fingerprint density at radius 1 is 1.18 bits per heavy atom. The number of hydrogen-bond acceptors (Lipinski definition) is 4. The van der Waals surface area contributed by atoms with E-state index < -0.39 is 17.6 Å². The van der Waals surface area contributed by atoms with Gasteiger partial charge in [0.1, 0.15) is 5.60 Å². The Morgan fingerprint density at radius 2 is 1.77 bits per heavy atom. The van der Waals surface area contributed by atoms with Crippen molar-refractivity contribution in [2.75, 3.05) is 13.7 Å². The molecule has 0 aromatic heterocycles. The van der Waals surface area contributed by atoms with Gasteiger partial charge in [-0.3, -0.25) is 4.79 Å². The second-order valence-electron chi connectivity index (χ2n) is 6.29. The lowest BCUT2D eigenvalue weighted by Gasteiger charge is -2.21. The van der Waals surface area contributed by atoms with Gasteiger partial charge >= 0.3 is 12.1 Å². The maximum Gasteiger partial charge on any atom is 0.407 e. The van der Waals surface area contributed by atoms with Crippen molar-refractivity contribution >= 4 is 12.1 Å². The van der Waals surface area contributed by atoms with Gasteiger partial charge in [-0.15, -0.1) is 0 Å². The molecule has 0 aliphatic carbocycles. The Balaban J connectivity index is 2.63. The van der Waals surface area contributed by atoms with Crippen molar-refractivity contribution in [2.24, 2.45) is 5.92 Å². The highest BCUT2D eigenvalue weighted by Gasteiger charge is 2.22. The minimum atomic E-state index is -0.568. The first-order chi connectivity index (χ1) is 10.2. The Morgan fingerprint density at radius 3 is 2.27 bits per heavy atom. The maximum absolute atomic E-state index is 11.9. The van der Waals surface area contributed by atoms with Gasteiger partial charge in [-0.05, 0) is 39.7 Å². The van der Waals surface area contributed by atoms with Crippen LogP contribution in [0, 0.1) is 12.8 Å². The minimum Gasteiger partial charge on any atom is -0.469 e. The lowest BCUT2D eigenvalue weighted by molar-refractivity contribution is -0.145. The molecule has 5 nitrogen and oxygen atoms in total. The lowest BCUT2D eigenvalue weighted by atomic mass is 9.98. The molecule has 0 heterocycles. The second kappa shape index (κ2) is 7.82. The molecule has 1 amide bonds. The summed E-state index contributed by atoms with van der Waals surface area (Å²) in [6.07, 6.45) is -0.0340. The average Bonchev–Trinajstić information content (AvgIpc) is 2.42. The molecular formula is C17H25NO4. The molecule has 0 fully saturated rings. The molecule has 1 aromatic rings. The predicted molar refractivity (Wildman–Crippen MR) is 84.6 cm³/mol. The number of aryl methyl sites for hydroxylation is 1. The topological polar surface area (TPSA) is 64.6 Å². The van der Waals surface area contributed by atoms with Crippen molar-refractivity contribution in [3.05, 3.63) is 35.4 Å². The van der Waals surface area contributed by atoms with E-state index in [1.807, 2.05) is 31.2 Å². The third-order valence-corrected chi connectivity index (χ3v) is 3.03. The predicted octanol–water partition coefficient (Wildman–Crippen LogP) is 2.85. The summed E-state index contributed by atoms with van der Waals surface area (Å²) in [6, 6.07) is 7.92. The molecule has 0 radical (unpaired) electrons. The maximum atomic E-state index is 11.9. The zero-order valence-electron chi connectivity index (χ0n) is 13.9. The molecule has 0 bridgehead atoms. The van der Waals surface area contributed by atoms with Crippen LogP contribution in [0.5, 0.6) is 0 Å². The van der Waals surface area contributed by atoms with Crippen LogP contribution >= 0.6 is 0 Å². The highest BCUT2D eigenvalue weighted by atomic mass is 16.6. The molecule has 0 aliphatic heterocycles. The van der Waals surface area contributed by atoms with Crippen molar-refractivity contribution in [2.45, 2.75) is 39.7 Å². The van der Waals surface area contributed by atoms with E-state index in [2.05, 4.69) is 5.32 Å². The van der Waals surface area contributed by atoms with E-state index in [0.717, 1.165) is 11.1 Å². The summed E-state index contributed by atoms with van der Waals surface area (Å²) < 4.78 is 9.98. The zero-order chi connectivity index (χ0) is 16.8. The van der Waals surface area contributed by atoms with Crippen LogP contribution in [-0.2, 0) is 20.7 Å². The monoisotopic (exact) mass is 307 g/mol. The Labute approximate surface area is 132 Å². The molecule has 1 unspecified atom stereocenters. The van der Waals surface area contributed by atoms with Crippen LogP contribution in [0.3, 0.4) is 0 Å². The van der Waals surface area contributed by atoms with Gasteiger partial charge in [0.2, 0.25) is 0 Å². The van der Waals surface area contributed by atoms with Crippen molar-refractivity contribution in [3.8, 4) is 0 Å². The molecule has 0 spiro atoms. The Kier molecular flexibility index (Phi) is 6.40. The van der Waals surface area contributed by atoms with Crippen LogP contribution in [0.15, 0.2) is 24.3 Å². The van der Waals surface area contributed by atoms with Crippen molar-refractivity contribution < 1.29 is 19.1 Å². The number of benzene rings is 1. The number of alkyl carbamates (subject to hydrolysis) is 1. The Hall–Kier alpha value is -2.04. The van der Waals surface area contributed by atoms with Crippen molar-refractivity contribution in [3.63, 3.8) is 0 Å². The van der Waals surface area contributed by atoms with Crippen LogP contribution < -0.4 is 5.32 Å². The fourth-order valence-corrected chi connectivity index (χ4v) is 1.93. The minimum absolute atomic E-state index is 0.176. The van der Waals surface area contributed by atoms with Crippen molar-refractivity contribution in [1.82, 2.24) is 5.32 Å². The second-order valence-corrected chi connectivity index (χ2v) is 6.29. The van der Waals surface area contributed by atoms with Gasteiger partial charge in [-0.2, -0.15) is 0 Å². The summed E-state index contributed by atoms with van der Waals surface area (Å²) in [6.45, 7) is 7.55. The van der Waals surface area contributed by atoms with Gasteiger partial charge < -0.3 is 14.8 Å². The quantitative estimate of drug-likeness (QED) is 0.850. The van der Waals surface area contributed by atoms with E-state index in [4.69, 9.17) is 9.47 Å². The van der Waals surface area contributed by atoms with Crippen LogP contribution in [-0.4, -0.2) is 31.3 Å². The summed E-state index contributed by atoms with van der Waals surface area (Å²) in [4.78, 5) is 23.6. The van der Waals surface area contributed by atoms with E-state index in [9.17, 15) is 9.59 Å². The van der Waals surface area contributed by atoms with Gasteiger partial charge in [0.15, 0.2) is 0 Å². The smallest absolute Gasteiger partial charge is 0.407 e. The first kappa shape index (κ1) is 18.0. The molecule has 1 aromatic carbocycles. The first-order valence-corrected chi connectivity index (χ1v) is 7.31. The number of hydrogen-bond donors (Lipinski definition) is 1. The summed E-state index contributed by atoms with van der Waals surface area (Å²) in [5.74, 6) is -0.795. The molecule has 0 aliphatic rings. The molecule has 5 heteroatoms. The number of esters is 1. The molecule has 22 heavy (non-hydrogen) atoms. The molecule has 1 N–H and O–H groups in total. The first-order valence-electron chi connectivity index (χ1n) is 7.31. The van der Waals surface area contributed by atoms with E-state index in [-0.39, 0.29) is 12.5 Å². The fraction of sp³-hybridized carbons (Fsp3) is 0.529. The van der Waals surface area contributed by atoms with E-state index in [0.29, 0.717) is 6.42 Å². The van der Waals surface area contributed by atoms with Crippen LogP contribution in [0.25, 0.3) is 0 Å². The number of amides is 1. The van der Waals surface area contributed by atoms with E-state index in [1.54, 1.807) is 20.8 Å². The number of nitrogens with one attached hydrogen (secondary N) is 1. The van der Waals surface area contributed by atoms with Crippen LogP contribution in [0.4, 0.5) is 4.79 Å². The Bertz CT molecular complexity index is 502.